The van der Waals surface area contributed by atoms with Crippen molar-refractivity contribution in [1.29, 1.82) is 0 Å². The van der Waals surface area contributed by atoms with Gasteiger partial charge in [-0.3, -0.25) is 4.57 Å². The monoisotopic (exact) mass is 348 g/mol. The molecule has 0 N–H and O–H groups in total. The molecule has 0 unspecified atom stereocenters. The first kappa shape index (κ1) is 16.7. The Bertz CT molecular complexity index is 793. The van der Waals surface area contributed by atoms with Crippen LogP contribution in [0.15, 0.2) is 24.3 Å². The van der Waals surface area contributed by atoms with Crippen molar-refractivity contribution in [2.45, 2.75) is 6.54 Å². The highest BCUT2D eigenvalue weighted by Gasteiger charge is 2.19. The number of methoxy groups -OCH3 is 1. The molecule has 1 aromatic heterocycles. The van der Waals surface area contributed by atoms with E-state index in [1.165, 1.54) is 7.11 Å². The molecule has 3 rings (SSSR count). The fourth-order valence-electron chi connectivity index (χ4n) is 2.75. The fraction of sp³-hybridized carbons (Fsp3) is 0.438. The Morgan fingerprint density at radius 2 is 2.04 bits per heavy atom. The second-order valence-electron chi connectivity index (χ2n) is 5.55. The van der Waals surface area contributed by atoms with E-state index in [4.69, 9.17) is 21.7 Å². The summed E-state index contributed by atoms with van der Waals surface area (Å²) in [6.07, 6.45) is 0. The molecule has 8 heteroatoms. The van der Waals surface area contributed by atoms with Gasteiger partial charge in [0.05, 0.1) is 32.4 Å². The number of benzene rings is 1. The average Bonchev–Trinajstić information content (AvgIpc) is 2.91. The highest BCUT2D eigenvalue weighted by atomic mass is 32.1. The molecule has 1 aliphatic rings. The molecule has 0 spiro atoms. The summed E-state index contributed by atoms with van der Waals surface area (Å²) in [5.74, 6) is 0.459. The summed E-state index contributed by atoms with van der Waals surface area (Å²) in [6.45, 7) is 3.37. The number of hydrogen-bond acceptors (Lipinski definition) is 6. The maximum absolute atomic E-state index is 11.9. The summed E-state index contributed by atoms with van der Waals surface area (Å²) in [6, 6.07) is 7.33. The molecular formula is C16H20N4O3S. The van der Waals surface area contributed by atoms with Crippen molar-refractivity contribution in [3.05, 3.63) is 40.2 Å². The third kappa shape index (κ3) is 3.20. The number of anilines is 1. The van der Waals surface area contributed by atoms with E-state index in [-0.39, 0.29) is 5.97 Å². The first-order chi connectivity index (χ1) is 11.6. The molecule has 128 valence electrons. The van der Waals surface area contributed by atoms with Gasteiger partial charge in [-0.1, -0.05) is 18.2 Å². The minimum absolute atomic E-state index is 0.360. The van der Waals surface area contributed by atoms with Crippen LogP contribution in [0.5, 0.6) is 0 Å². The number of rotatable bonds is 4. The summed E-state index contributed by atoms with van der Waals surface area (Å²) < 4.78 is 14.5. The zero-order valence-corrected chi connectivity index (χ0v) is 14.6. The van der Waals surface area contributed by atoms with Gasteiger partial charge >= 0.3 is 5.97 Å². The molecule has 0 radical (unpaired) electrons. The van der Waals surface area contributed by atoms with Crippen molar-refractivity contribution in [3.8, 4) is 0 Å². The Balaban J connectivity index is 1.92. The van der Waals surface area contributed by atoms with Crippen molar-refractivity contribution in [3.63, 3.8) is 0 Å². The fourth-order valence-corrected chi connectivity index (χ4v) is 2.93. The highest BCUT2D eigenvalue weighted by Crippen LogP contribution is 2.16. The van der Waals surface area contributed by atoms with Crippen LogP contribution >= 0.6 is 12.2 Å². The number of esters is 1. The molecule has 0 atom stereocenters. The molecule has 1 saturated heterocycles. The number of morpholine rings is 1. The number of hydrogen-bond donors (Lipinski definition) is 0. The second-order valence-corrected chi connectivity index (χ2v) is 5.91. The topological polar surface area (TPSA) is 61.5 Å². The van der Waals surface area contributed by atoms with Crippen molar-refractivity contribution < 1.29 is 14.3 Å². The van der Waals surface area contributed by atoms with Crippen LogP contribution < -0.4 is 4.90 Å². The number of aromatic nitrogens is 3. The SMILES string of the molecule is COC(=O)c1ccccc1Cn1nc(N2CCOCC2)n(C)c1=S. The van der Waals surface area contributed by atoms with E-state index in [1.807, 2.05) is 29.8 Å². The number of ether oxygens (including phenoxy) is 2. The van der Waals surface area contributed by atoms with Crippen LogP contribution in [0.2, 0.25) is 0 Å². The first-order valence-corrected chi connectivity index (χ1v) is 8.15. The Kier molecular flexibility index (Phi) is 4.96. The van der Waals surface area contributed by atoms with Gasteiger partial charge in [0, 0.05) is 20.1 Å². The second kappa shape index (κ2) is 7.14. The predicted molar refractivity (Wildman–Crippen MR) is 91.9 cm³/mol. The summed E-state index contributed by atoms with van der Waals surface area (Å²) in [7, 11) is 3.28. The van der Waals surface area contributed by atoms with E-state index < -0.39 is 0 Å². The van der Waals surface area contributed by atoms with Gasteiger partial charge in [-0.2, -0.15) is 0 Å². The van der Waals surface area contributed by atoms with Crippen LogP contribution in [0.25, 0.3) is 0 Å². The van der Waals surface area contributed by atoms with Gasteiger partial charge in [0.1, 0.15) is 0 Å². The highest BCUT2D eigenvalue weighted by molar-refractivity contribution is 7.71. The largest absolute Gasteiger partial charge is 0.465 e. The van der Waals surface area contributed by atoms with Crippen molar-refractivity contribution in [2.24, 2.45) is 7.05 Å². The molecule has 0 saturated carbocycles. The van der Waals surface area contributed by atoms with E-state index in [0.29, 0.717) is 30.1 Å². The van der Waals surface area contributed by atoms with Gasteiger partial charge in [-0.15, -0.1) is 5.10 Å². The Labute approximate surface area is 145 Å². The van der Waals surface area contributed by atoms with Crippen molar-refractivity contribution in [2.75, 3.05) is 38.3 Å². The summed E-state index contributed by atoms with van der Waals surface area (Å²) >= 11 is 5.51. The molecule has 1 aromatic carbocycles. The van der Waals surface area contributed by atoms with Crippen LogP contribution in [-0.4, -0.2) is 53.7 Å². The van der Waals surface area contributed by atoms with Gasteiger partial charge in [0.15, 0.2) is 4.77 Å². The summed E-state index contributed by atoms with van der Waals surface area (Å²) in [5.41, 5.74) is 1.35. The lowest BCUT2D eigenvalue weighted by molar-refractivity contribution is 0.0599. The quantitative estimate of drug-likeness (QED) is 0.618. The molecular weight excluding hydrogens is 328 g/mol. The molecule has 2 heterocycles. The molecule has 0 amide bonds. The normalized spacial score (nSPS) is 14.7. The lowest BCUT2D eigenvalue weighted by Crippen LogP contribution is -2.37. The molecule has 2 aromatic rings. The minimum atomic E-state index is -0.360. The van der Waals surface area contributed by atoms with Crippen LogP contribution in [0.1, 0.15) is 15.9 Å². The Morgan fingerprint density at radius 3 is 2.75 bits per heavy atom. The third-order valence-electron chi connectivity index (χ3n) is 4.05. The van der Waals surface area contributed by atoms with Crippen molar-refractivity contribution in [1.82, 2.24) is 14.3 Å². The standard InChI is InChI=1S/C16H20N4O3S/c1-18-15(19-7-9-23-10-8-19)17-20(16(18)24)11-12-5-3-4-6-13(12)14(21)22-2/h3-6H,7-11H2,1-2H3. The van der Waals surface area contributed by atoms with Gasteiger partial charge in [-0.25, -0.2) is 9.48 Å². The van der Waals surface area contributed by atoms with E-state index in [1.54, 1.807) is 10.7 Å². The maximum atomic E-state index is 11.9. The molecule has 0 aliphatic carbocycles. The van der Waals surface area contributed by atoms with Gasteiger partial charge < -0.3 is 14.4 Å². The zero-order chi connectivity index (χ0) is 17.1. The van der Waals surface area contributed by atoms with E-state index >= 15 is 0 Å². The first-order valence-electron chi connectivity index (χ1n) is 7.74. The van der Waals surface area contributed by atoms with E-state index in [0.717, 1.165) is 24.6 Å². The van der Waals surface area contributed by atoms with Gasteiger partial charge in [-0.05, 0) is 23.8 Å². The Hall–Kier alpha value is -2.19. The lowest BCUT2D eigenvalue weighted by Gasteiger charge is -2.26. The van der Waals surface area contributed by atoms with E-state index in [2.05, 4.69) is 10.00 Å². The van der Waals surface area contributed by atoms with Gasteiger partial charge in [0.2, 0.25) is 5.95 Å². The van der Waals surface area contributed by atoms with Crippen LogP contribution in [0.4, 0.5) is 5.95 Å². The van der Waals surface area contributed by atoms with Crippen LogP contribution in [-0.2, 0) is 23.1 Å². The Morgan fingerprint density at radius 1 is 1.33 bits per heavy atom. The number of nitrogens with zero attached hydrogens (tertiary/aromatic N) is 4. The third-order valence-corrected chi connectivity index (χ3v) is 4.54. The summed E-state index contributed by atoms with van der Waals surface area (Å²) in [4.78, 5) is 14.1. The smallest absolute Gasteiger partial charge is 0.338 e. The van der Waals surface area contributed by atoms with Crippen LogP contribution in [0, 0.1) is 4.77 Å². The molecule has 24 heavy (non-hydrogen) atoms. The van der Waals surface area contributed by atoms with Crippen molar-refractivity contribution >= 4 is 24.1 Å². The number of carbonyl (C=O) groups is 1. The average molecular weight is 348 g/mol. The zero-order valence-electron chi connectivity index (χ0n) is 13.8. The molecule has 1 fully saturated rings. The van der Waals surface area contributed by atoms with Gasteiger partial charge in [0.25, 0.3) is 0 Å². The predicted octanol–water partition coefficient (Wildman–Crippen LogP) is 1.62. The maximum Gasteiger partial charge on any atom is 0.338 e. The minimum Gasteiger partial charge on any atom is -0.465 e. The molecule has 1 aliphatic heterocycles. The summed E-state index contributed by atoms with van der Waals surface area (Å²) in [5, 5.41) is 4.65. The molecule has 0 bridgehead atoms. The number of carbonyl (C=O) groups excluding carboxylic acids is 1. The molecule has 7 nitrogen and oxygen atoms in total. The lowest BCUT2D eigenvalue weighted by atomic mass is 10.1. The van der Waals surface area contributed by atoms with Crippen LogP contribution in [0.3, 0.4) is 0 Å². The van der Waals surface area contributed by atoms with E-state index in [9.17, 15) is 4.79 Å².